The van der Waals surface area contributed by atoms with E-state index >= 15 is 0 Å². The van der Waals surface area contributed by atoms with E-state index in [0.29, 0.717) is 0 Å². The number of amides is 1. The van der Waals surface area contributed by atoms with Gasteiger partial charge in [-0.15, -0.1) is 0 Å². The summed E-state index contributed by atoms with van der Waals surface area (Å²) in [6.07, 6.45) is -0.973. The Morgan fingerprint density at radius 2 is 2.00 bits per heavy atom. The zero-order chi connectivity index (χ0) is 8.85. The van der Waals surface area contributed by atoms with Gasteiger partial charge in [-0.1, -0.05) is 6.58 Å². The summed E-state index contributed by atoms with van der Waals surface area (Å²) >= 11 is 0. The fourth-order valence-corrected chi connectivity index (χ4v) is 0.217. The monoisotopic (exact) mass is 159 g/mol. The SMILES string of the molecule is C=C(C)C(=O)NOC(=O)OC. The minimum absolute atomic E-state index is 0.244. The summed E-state index contributed by atoms with van der Waals surface area (Å²) in [5, 5.41) is 0. The van der Waals surface area contributed by atoms with E-state index in [1.165, 1.54) is 6.92 Å². The van der Waals surface area contributed by atoms with Gasteiger partial charge in [0.15, 0.2) is 0 Å². The average molecular weight is 159 g/mol. The molecule has 0 saturated carbocycles. The van der Waals surface area contributed by atoms with E-state index < -0.39 is 12.1 Å². The molecule has 1 N–H and O–H groups in total. The Hall–Kier alpha value is -1.52. The van der Waals surface area contributed by atoms with Crippen molar-refractivity contribution in [3.8, 4) is 0 Å². The minimum atomic E-state index is -0.973. The van der Waals surface area contributed by atoms with Crippen LogP contribution in [0.4, 0.5) is 4.79 Å². The summed E-state index contributed by atoms with van der Waals surface area (Å²) in [5.41, 5.74) is 2.06. The molecule has 0 radical (unpaired) electrons. The molecule has 0 atom stereocenters. The van der Waals surface area contributed by atoms with Crippen LogP contribution < -0.4 is 5.48 Å². The Kier molecular flexibility index (Phi) is 3.72. The molecular weight excluding hydrogens is 150 g/mol. The van der Waals surface area contributed by atoms with Gasteiger partial charge >= 0.3 is 6.16 Å². The molecule has 0 aromatic rings. The van der Waals surface area contributed by atoms with Gasteiger partial charge in [0.2, 0.25) is 0 Å². The Balaban J connectivity index is 3.63. The molecule has 0 bridgehead atoms. The molecule has 11 heavy (non-hydrogen) atoms. The third-order valence-electron chi connectivity index (χ3n) is 0.781. The molecule has 0 aliphatic rings. The Morgan fingerprint density at radius 3 is 2.36 bits per heavy atom. The van der Waals surface area contributed by atoms with Crippen molar-refractivity contribution in [2.75, 3.05) is 7.11 Å². The molecule has 0 aromatic heterocycles. The van der Waals surface area contributed by atoms with Gasteiger partial charge in [0.25, 0.3) is 5.91 Å². The van der Waals surface area contributed by atoms with Gasteiger partial charge in [-0.05, 0) is 6.92 Å². The largest absolute Gasteiger partial charge is 0.533 e. The molecule has 62 valence electrons. The number of hydrogen-bond acceptors (Lipinski definition) is 4. The number of carbonyl (C=O) groups is 2. The molecule has 0 heterocycles. The number of hydrogen-bond donors (Lipinski definition) is 1. The molecule has 0 aromatic carbocycles. The first kappa shape index (κ1) is 9.48. The fourth-order valence-electron chi connectivity index (χ4n) is 0.217. The minimum Gasteiger partial charge on any atom is -0.436 e. The number of carbonyl (C=O) groups excluding carboxylic acids is 2. The van der Waals surface area contributed by atoms with Crippen LogP contribution in [0, 0.1) is 0 Å². The molecule has 0 rings (SSSR count). The molecule has 1 amide bonds. The van der Waals surface area contributed by atoms with Gasteiger partial charge in [-0.3, -0.25) is 4.79 Å². The highest BCUT2D eigenvalue weighted by molar-refractivity contribution is 5.91. The van der Waals surface area contributed by atoms with E-state index in [4.69, 9.17) is 0 Å². The van der Waals surface area contributed by atoms with Crippen LogP contribution in [0.3, 0.4) is 0 Å². The molecule has 0 aliphatic carbocycles. The first-order valence-corrected chi connectivity index (χ1v) is 2.78. The van der Waals surface area contributed by atoms with Crippen LogP contribution in [0.5, 0.6) is 0 Å². The van der Waals surface area contributed by atoms with Crippen LogP contribution in [0.15, 0.2) is 12.2 Å². The number of nitrogens with one attached hydrogen (secondary N) is 1. The normalized spacial score (nSPS) is 8.18. The smallest absolute Gasteiger partial charge is 0.436 e. The van der Waals surface area contributed by atoms with Crippen molar-refractivity contribution in [3.05, 3.63) is 12.2 Å². The second-order valence-corrected chi connectivity index (χ2v) is 1.77. The Morgan fingerprint density at radius 1 is 1.45 bits per heavy atom. The highest BCUT2D eigenvalue weighted by Gasteiger charge is 2.05. The standard InChI is InChI=1S/C6H9NO4/c1-4(2)5(8)7-11-6(9)10-3/h1H2,2-3H3,(H,7,8). The summed E-state index contributed by atoms with van der Waals surface area (Å²) in [6.45, 7) is 4.80. The van der Waals surface area contributed by atoms with Gasteiger partial charge in [0.1, 0.15) is 0 Å². The van der Waals surface area contributed by atoms with Crippen LogP contribution in [0.2, 0.25) is 0 Å². The lowest BCUT2D eigenvalue weighted by molar-refractivity contribution is -0.127. The Bertz CT molecular complexity index is 187. The van der Waals surface area contributed by atoms with E-state index in [1.807, 2.05) is 5.48 Å². The fraction of sp³-hybridized carbons (Fsp3) is 0.333. The van der Waals surface area contributed by atoms with Crippen LogP contribution in [-0.2, 0) is 14.4 Å². The lowest BCUT2D eigenvalue weighted by Crippen LogP contribution is -2.27. The summed E-state index contributed by atoms with van der Waals surface area (Å²) in [4.78, 5) is 25.0. The first-order chi connectivity index (χ1) is 5.07. The lowest BCUT2D eigenvalue weighted by atomic mass is 10.3. The molecule has 5 heteroatoms. The lowest BCUT2D eigenvalue weighted by Gasteiger charge is -2.02. The van der Waals surface area contributed by atoms with Gasteiger partial charge < -0.3 is 9.57 Å². The van der Waals surface area contributed by atoms with E-state index in [0.717, 1.165) is 7.11 Å². The zero-order valence-electron chi connectivity index (χ0n) is 6.34. The highest BCUT2D eigenvalue weighted by Crippen LogP contribution is 1.86. The predicted octanol–water partition coefficient (Wildman–Crippen LogP) is 0.377. The van der Waals surface area contributed by atoms with E-state index in [9.17, 15) is 9.59 Å². The molecule has 0 saturated heterocycles. The third-order valence-corrected chi connectivity index (χ3v) is 0.781. The molecule has 0 unspecified atom stereocenters. The summed E-state index contributed by atoms with van der Waals surface area (Å²) in [6, 6.07) is 0. The molecule has 5 nitrogen and oxygen atoms in total. The number of methoxy groups -OCH3 is 1. The van der Waals surface area contributed by atoms with E-state index in [2.05, 4.69) is 16.2 Å². The van der Waals surface area contributed by atoms with Crippen LogP contribution in [0.1, 0.15) is 6.92 Å². The maximum absolute atomic E-state index is 10.6. The molecular formula is C6H9NO4. The molecule has 0 aliphatic heterocycles. The topological polar surface area (TPSA) is 64.6 Å². The van der Waals surface area contributed by atoms with Gasteiger partial charge in [-0.2, -0.15) is 5.48 Å². The zero-order valence-corrected chi connectivity index (χ0v) is 6.34. The maximum atomic E-state index is 10.6. The van der Waals surface area contributed by atoms with Crippen molar-refractivity contribution in [2.24, 2.45) is 0 Å². The highest BCUT2D eigenvalue weighted by atomic mass is 16.8. The van der Waals surface area contributed by atoms with Gasteiger partial charge in [-0.25, -0.2) is 4.79 Å². The quantitative estimate of drug-likeness (QED) is 0.341. The molecule has 0 fully saturated rings. The molecule has 0 spiro atoms. The van der Waals surface area contributed by atoms with E-state index in [-0.39, 0.29) is 5.57 Å². The van der Waals surface area contributed by atoms with Crippen molar-refractivity contribution in [2.45, 2.75) is 6.92 Å². The van der Waals surface area contributed by atoms with Crippen molar-refractivity contribution >= 4 is 12.1 Å². The maximum Gasteiger partial charge on any atom is 0.533 e. The van der Waals surface area contributed by atoms with Crippen molar-refractivity contribution in [1.82, 2.24) is 5.48 Å². The second kappa shape index (κ2) is 4.32. The van der Waals surface area contributed by atoms with Crippen molar-refractivity contribution < 1.29 is 19.2 Å². The van der Waals surface area contributed by atoms with Crippen LogP contribution in [-0.4, -0.2) is 19.2 Å². The number of rotatable bonds is 1. The Labute approximate surface area is 63.9 Å². The number of hydroxylamine groups is 1. The summed E-state index contributed by atoms with van der Waals surface area (Å²) in [5.74, 6) is -0.560. The van der Waals surface area contributed by atoms with Crippen molar-refractivity contribution in [3.63, 3.8) is 0 Å². The first-order valence-electron chi connectivity index (χ1n) is 2.78. The van der Waals surface area contributed by atoms with Crippen LogP contribution in [0.25, 0.3) is 0 Å². The van der Waals surface area contributed by atoms with Crippen molar-refractivity contribution in [1.29, 1.82) is 0 Å². The predicted molar refractivity (Wildman–Crippen MR) is 36.4 cm³/mol. The third kappa shape index (κ3) is 3.96. The average Bonchev–Trinajstić information content (AvgIpc) is 1.99. The van der Waals surface area contributed by atoms with E-state index in [1.54, 1.807) is 0 Å². The van der Waals surface area contributed by atoms with Gasteiger partial charge in [0.05, 0.1) is 7.11 Å². The second-order valence-electron chi connectivity index (χ2n) is 1.77. The summed E-state index contributed by atoms with van der Waals surface area (Å²) in [7, 11) is 1.13. The van der Waals surface area contributed by atoms with Gasteiger partial charge in [0, 0.05) is 5.57 Å². The summed E-state index contributed by atoms with van der Waals surface area (Å²) < 4.78 is 4.07. The number of ether oxygens (including phenoxy) is 1. The van der Waals surface area contributed by atoms with Crippen LogP contribution >= 0.6 is 0 Å².